The molecule has 0 aliphatic carbocycles. The molecule has 4 heterocycles. The lowest BCUT2D eigenvalue weighted by molar-refractivity contribution is 0.0710. The first-order valence-electron chi connectivity index (χ1n) is 9.77. The van der Waals surface area contributed by atoms with Crippen molar-refractivity contribution in [2.24, 2.45) is 0 Å². The van der Waals surface area contributed by atoms with Gasteiger partial charge in [0.25, 0.3) is 5.91 Å². The molecule has 8 nitrogen and oxygen atoms in total. The summed E-state index contributed by atoms with van der Waals surface area (Å²) >= 11 is 0. The molecule has 2 aromatic heterocycles. The van der Waals surface area contributed by atoms with Gasteiger partial charge in [-0.25, -0.2) is 4.98 Å². The first-order valence-corrected chi connectivity index (χ1v) is 9.77. The first kappa shape index (κ1) is 23.4. The van der Waals surface area contributed by atoms with Crippen LogP contribution < -0.4 is 10.6 Å². The third kappa shape index (κ3) is 4.99. The average Bonchev–Trinajstić information content (AvgIpc) is 3.12. The number of piperidine rings is 1. The number of nitrogens with one attached hydrogen (secondary N) is 2. The van der Waals surface area contributed by atoms with Crippen molar-refractivity contribution in [3.63, 3.8) is 0 Å². The van der Waals surface area contributed by atoms with Gasteiger partial charge in [-0.2, -0.15) is 0 Å². The Morgan fingerprint density at radius 3 is 2.69 bits per heavy atom. The van der Waals surface area contributed by atoms with Gasteiger partial charge in [0.05, 0.1) is 12.1 Å². The van der Waals surface area contributed by atoms with Crippen LogP contribution in [0.3, 0.4) is 0 Å². The maximum Gasteiger partial charge on any atom is 0.257 e. The molecule has 2 aliphatic rings. The monoisotopic (exact) mass is 441 g/mol. The molecule has 0 radical (unpaired) electrons. The minimum Gasteiger partial charge on any atom is -0.367 e. The van der Waals surface area contributed by atoms with Crippen molar-refractivity contribution in [3.8, 4) is 0 Å². The minimum atomic E-state index is 0. The minimum absolute atomic E-state index is 0. The average molecular weight is 442 g/mol. The van der Waals surface area contributed by atoms with Crippen LogP contribution in [0.1, 0.15) is 54.6 Å². The van der Waals surface area contributed by atoms with Crippen molar-refractivity contribution in [1.29, 1.82) is 0 Å². The number of likely N-dealkylation sites (tertiary alicyclic amines) is 1. The second kappa shape index (κ2) is 10.2. The molecule has 1 amide bonds. The van der Waals surface area contributed by atoms with Crippen LogP contribution in [0.2, 0.25) is 0 Å². The number of rotatable bonds is 4. The summed E-state index contributed by atoms with van der Waals surface area (Å²) in [5, 5.41) is 15.4. The van der Waals surface area contributed by atoms with E-state index in [2.05, 4.69) is 30.4 Å². The Labute approximate surface area is 183 Å². The molecule has 10 heteroatoms. The lowest BCUT2D eigenvalue weighted by Gasteiger charge is -2.32. The van der Waals surface area contributed by atoms with Crippen LogP contribution in [0.4, 0.5) is 5.82 Å². The number of halogens is 2. The van der Waals surface area contributed by atoms with E-state index in [4.69, 9.17) is 0 Å². The highest BCUT2D eigenvalue weighted by atomic mass is 35.5. The number of hydrogen-bond donors (Lipinski definition) is 2. The Kier molecular flexibility index (Phi) is 8.24. The fraction of sp³-hybridized carbons (Fsp3) is 0.579. The van der Waals surface area contributed by atoms with Gasteiger partial charge in [0.2, 0.25) is 0 Å². The van der Waals surface area contributed by atoms with Gasteiger partial charge in [-0.3, -0.25) is 4.79 Å². The maximum absolute atomic E-state index is 13.0. The zero-order valence-electron chi connectivity index (χ0n) is 16.8. The molecular formula is C19H29Cl2N7O. The van der Waals surface area contributed by atoms with Crippen molar-refractivity contribution in [2.45, 2.75) is 51.7 Å². The van der Waals surface area contributed by atoms with Gasteiger partial charge in [-0.05, 0) is 38.8 Å². The van der Waals surface area contributed by atoms with Gasteiger partial charge in [0.1, 0.15) is 17.5 Å². The second-order valence-electron chi connectivity index (χ2n) is 7.57. The van der Waals surface area contributed by atoms with Gasteiger partial charge >= 0.3 is 0 Å². The number of carbonyl (C=O) groups is 1. The van der Waals surface area contributed by atoms with Gasteiger partial charge in [0, 0.05) is 44.3 Å². The molecule has 2 aliphatic heterocycles. The number of aromatic nitrogens is 4. The van der Waals surface area contributed by atoms with Crippen LogP contribution in [0.5, 0.6) is 0 Å². The van der Waals surface area contributed by atoms with E-state index in [0.717, 1.165) is 57.2 Å². The quantitative estimate of drug-likeness (QED) is 0.757. The molecule has 160 valence electrons. The van der Waals surface area contributed by atoms with Crippen LogP contribution in [-0.4, -0.2) is 56.2 Å². The summed E-state index contributed by atoms with van der Waals surface area (Å²) in [6.07, 6.45) is 3.56. The molecular weight excluding hydrogens is 413 g/mol. The van der Waals surface area contributed by atoms with Crippen molar-refractivity contribution >= 4 is 36.5 Å². The smallest absolute Gasteiger partial charge is 0.257 e. The second-order valence-corrected chi connectivity index (χ2v) is 7.57. The SMILES string of the molecule is CC(C)Nc1ncccc1C(=O)N1CCC(c2nnc3n2CCNC3)CC1.Cl.Cl. The third-order valence-electron chi connectivity index (χ3n) is 5.26. The topological polar surface area (TPSA) is 88.0 Å². The standard InChI is InChI=1S/C19H27N7O.2ClH/c1-13(2)22-17-15(4-3-7-21-17)19(27)25-9-5-14(6-10-25)18-24-23-16-12-20-8-11-26(16)18;;/h3-4,7,13-14,20H,5-6,8-12H2,1-2H3,(H,21,22);2*1H. The van der Waals surface area contributed by atoms with Gasteiger partial charge in [-0.15, -0.1) is 35.0 Å². The van der Waals surface area contributed by atoms with Crippen molar-refractivity contribution in [3.05, 3.63) is 35.5 Å². The molecule has 2 N–H and O–H groups in total. The highest BCUT2D eigenvalue weighted by Crippen LogP contribution is 2.29. The van der Waals surface area contributed by atoms with Crippen LogP contribution in [0.15, 0.2) is 18.3 Å². The van der Waals surface area contributed by atoms with Gasteiger partial charge < -0.3 is 20.1 Å². The molecule has 1 fully saturated rings. The van der Waals surface area contributed by atoms with Gasteiger partial charge in [0.15, 0.2) is 0 Å². The van der Waals surface area contributed by atoms with Crippen LogP contribution in [0.25, 0.3) is 0 Å². The number of anilines is 1. The molecule has 29 heavy (non-hydrogen) atoms. The Balaban J connectivity index is 0.00000150. The summed E-state index contributed by atoms with van der Waals surface area (Å²) in [5.74, 6) is 3.20. The summed E-state index contributed by atoms with van der Waals surface area (Å²) < 4.78 is 2.25. The van der Waals surface area contributed by atoms with E-state index in [1.807, 2.05) is 30.9 Å². The van der Waals surface area contributed by atoms with Crippen LogP contribution in [-0.2, 0) is 13.1 Å². The number of pyridine rings is 1. The zero-order valence-corrected chi connectivity index (χ0v) is 18.4. The summed E-state index contributed by atoms with van der Waals surface area (Å²) in [6.45, 7) is 8.24. The van der Waals surface area contributed by atoms with Crippen LogP contribution >= 0.6 is 24.8 Å². The van der Waals surface area contributed by atoms with Crippen LogP contribution in [0, 0.1) is 0 Å². The summed E-state index contributed by atoms with van der Waals surface area (Å²) in [6, 6.07) is 3.90. The molecule has 4 rings (SSSR count). The third-order valence-corrected chi connectivity index (χ3v) is 5.26. The molecule has 0 atom stereocenters. The Morgan fingerprint density at radius 1 is 1.21 bits per heavy atom. The number of nitrogens with zero attached hydrogens (tertiary/aromatic N) is 5. The Bertz CT molecular complexity index is 819. The summed E-state index contributed by atoms with van der Waals surface area (Å²) in [5.41, 5.74) is 0.649. The fourth-order valence-corrected chi connectivity index (χ4v) is 3.89. The molecule has 0 unspecified atom stereocenters. The van der Waals surface area contributed by atoms with E-state index in [9.17, 15) is 4.79 Å². The number of carbonyl (C=O) groups excluding carboxylic acids is 1. The largest absolute Gasteiger partial charge is 0.367 e. The van der Waals surface area contributed by atoms with Crippen molar-refractivity contribution in [2.75, 3.05) is 25.0 Å². The first-order chi connectivity index (χ1) is 13.1. The lowest BCUT2D eigenvalue weighted by Crippen LogP contribution is -2.39. The normalized spacial score (nSPS) is 16.6. The van der Waals surface area contributed by atoms with Crippen molar-refractivity contribution in [1.82, 2.24) is 30.0 Å². The fourth-order valence-electron chi connectivity index (χ4n) is 3.89. The maximum atomic E-state index is 13.0. The van der Waals surface area contributed by atoms with E-state index in [1.165, 1.54) is 0 Å². The van der Waals surface area contributed by atoms with E-state index in [-0.39, 0.29) is 36.8 Å². The number of hydrogen-bond acceptors (Lipinski definition) is 6. The Morgan fingerprint density at radius 2 is 1.97 bits per heavy atom. The van der Waals surface area contributed by atoms with E-state index < -0.39 is 0 Å². The highest BCUT2D eigenvalue weighted by Gasteiger charge is 2.30. The molecule has 0 spiro atoms. The Hall–Kier alpha value is -1.90. The van der Waals surface area contributed by atoms with Crippen molar-refractivity contribution < 1.29 is 4.79 Å². The molecule has 1 saturated heterocycles. The van der Waals surface area contributed by atoms with E-state index in [1.54, 1.807) is 6.20 Å². The predicted octanol–water partition coefficient (Wildman–Crippen LogP) is 2.46. The number of fused-ring (bicyclic) bond motifs is 1. The highest BCUT2D eigenvalue weighted by molar-refractivity contribution is 5.98. The van der Waals surface area contributed by atoms with Gasteiger partial charge in [-0.1, -0.05) is 0 Å². The van der Waals surface area contributed by atoms with E-state index in [0.29, 0.717) is 17.3 Å². The summed E-state index contributed by atoms with van der Waals surface area (Å²) in [7, 11) is 0. The molecule has 0 bridgehead atoms. The molecule has 0 saturated carbocycles. The molecule has 2 aromatic rings. The lowest BCUT2D eigenvalue weighted by atomic mass is 9.95. The van der Waals surface area contributed by atoms with E-state index >= 15 is 0 Å². The summed E-state index contributed by atoms with van der Waals surface area (Å²) in [4.78, 5) is 19.3. The zero-order chi connectivity index (χ0) is 18.8. The number of amides is 1. The molecule has 0 aromatic carbocycles. The predicted molar refractivity (Wildman–Crippen MR) is 117 cm³/mol.